The van der Waals surface area contributed by atoms with Crippen molar-refractivity contribution in [3.05, 3.63) is 160 Å². The molecule has 3 aliphatic heterocycles. The van der Waals surface area contributed by atoms with Gasteiger partial charge in [0.1, 0.15) is 17.0 Å². The van der Waals surface area contributed by atoms with Gasteiger partial charge in [-0.15, -0.1) is 23.1 Å². The molecule has 3 fully saturated rings. The Morgan fingerprint density at radius 3 is 2.12 bits per heavy atom. The van der Waals surface area contributed by atoms with E-state index in [0.717, 1.165) is 94.9 Å². The van der Waals surface area contributed by atoms with Crippen LogP contribution in [-0.2, 0) is 43.8 Å². The number of nitrogens with one attached hydrogen (secondary N) is 4. The van der Waals surface area contributed by atoms with E-state index in [-0.39, 0.29) is 47.1 Å². The molecule has 108 heavy (non-hydrogen) atoms. The zero-order valence-corrected chi connectivity index (χ0v) is 66.8. The van der Waals surface area contributed by atoms with Gasteiger partial charge >= 0.3 is 5.51 Å². The summed E-state index contributed by atoms with van der Waals surface area (Å²) >= 11 is 9.40. The highest BCUT2D eigenvalue weighted by molar-refractivity contribution is 7.99. The van der Waals surface area contributed by atoms with E-state index in [1.165, 1.54) is 35.0 Å². The van der Waals surface area contributed by atoms with Gasteiger partial charge in [0.25, 0.3) is 25.8 Å². The molecular weight excluding hydrogens is 1480 g/mol. The minimum atomic E-state index is -6.11. The fourth-order valence-electron chi connectivity index (χ4n) is 14.7. The Labute approximate surface area is 647 Å². The van der Waals surface area contributed by atoms with Crippen molar-refractivity contribution in [2.45, 2.75) is 169 Å². The lowest BCUT2D eigenvalue weighted by Gasteiger charge is -2.42. The Kier molecular flexibility index (Phi) is 28.5. The number of rotatable bonds is 32. The number of amides is 5. The summed E-state index contributed by atoms with van der Waals surface area (Å²) in [6, 6.07) is 31.8. The number of hydrogen-bond donors (Lipinski definition) is 4. The summed E-state index contributed by atoms with van der Waals surface area (Å²) in [4.78, 5) is 83.4. The molecule has 0 saturated carbocycles. The number of thiazole rings is 1. The number of carbonyl (C=O) groups excluding carboxylic acids is 5. The number of sulfonamides is 1. The van der Waals surface area contributed by atoms with Crippen molar-refractivity contribution >= 4 is 101 Å². The summed E-state index contributed by atoms with van der Waals surface area (Å²) < 4.78 is 105. The Bertz CT molecular complexity index is 4340. The summed E-state index contributed by atoms with van der Waals surface area (Å²) in [6.45, 7) is 19.3. The number of aryl methyl sites for hydroxylation is 1. The van der Waals surface area contributed by atoms with E-state index >= 15 is 0 Å². The van der Waals surface area contributed by atoms with Crippen molar-refractivity contribution in [1.82, 2.24) is 39.9 Å². The van der Waals surface area contributed by atoms with Crippen LogP contribution in [0.15, 0.2) is 147 Å². The number of alkyl halides is 3. The van der Waals surface area contributed by atoms with Gasteiger partial charge in [0.2, 0.25) is 23.6 Å². The van der Waals surface area contributed by atoms with Crippen LogP contribution < -0.4 is 25.6 Å². The predicted octanol–water partition coefficient (Wildman–Crippen LogP) is 13.8. The Hall–Kier alpha value is -7.37. The molecule has 6 aromatic rings. The van der Waals surface area contributed by atoms with E-state index < -0.39 is 70.3 Å². The van der Waals surface area contributed by atoms with Crippen LogP contribution in [0.3, 0.4) is 0 Å². The van der Waals surface area contributed by atoms with Crippen LogP contribution >= 0.6 is 34.7 Å². The van der Waals surface area contributed by atoms with Crippen LogP contribution in [0, 0.1) is 17.8 Å². The molecular formula is C80H102ClF3N10O10S4. The SMILES string of the molecule is Cc1ncsc1-c1ccc([C@H](C)NC(=O)[C@@H]2CCCN2C(=O)C(NC(=O)CCCCCCCC(=O)N(C)CC2(C)CCC(c3ccc(Cl)cc3)=C(CN3CCN(c4ccc(C(=O)NS(=O)(=O)c5ccc(N[C@H](CCN6CCOCC6)CSc6ccccc6)c(S(=O)(=O)C(F)(F)F)c5)cc4)CC3)C2)C(C)(C)C)cc1. The Morgan fingerprint density at radius 1 is 0.796 bits per heavy atom. The fourth-order valence-corrected chi connectivity index (χ4v) is 18.7. The van der Waals surface area contributed by atoms with Gasteiger partial charge in [0, 0.05) is 118 Å². The smallest absolute Gasteiger partial charge is 0.380 e. The molecule has 28 heteroatoms. The van der Waals surface area contributed by atoms with Crippen molar-refractivity contribution in [1.29, 1.82) is 0 Å². The van der Waals surface area contributed by atoms with Crippen LogP contribution in [0.2, 0.25) is 5.02 Å². The second kappa shape index (κ2) is 37.1. The molecule has 20 nitrogen and oxygen atoms in total. The van der Waals surface area contributed by atoms with Gasteiger partial charge < -0.3 is 35.4 Å². The summed E-state index contributed by atoms with van der Waals surface area (Å²) in [5, 5.41) is 9.83. The Morgan fingerprint density at radius 2 is 1.46 bits per heavy atom. The van der Waals surface area contributed by atoms with Crippen molar-refractivity contribution in [2.24, 2.45) is 10.8 Å². The number of aromatic nitrogens is 1. The van der Waals surface area contributed by atoms with Crippen molar-refractivity contribution in [2.75, 3.05) is 102 Å². The van der Waals surface area contributed by atoms with E-state index in [0.29, 0.717) is 128 Å². The van der Waals surface area contributed by atoms with Gasteiger partial charge in [0.15, 0.2) is 0 Å². The topological polar surface area (TPSA) is 240 Å². The van der Waals surface area contributed by atoms with E-state index in [4.69, 9.17) is 16.3 Å². The van der Waals surface area contributed by atoms with Crippen LogP contribution in [0.4, 0.5) is 24.5 Å². The molecule has 1 aromatic heterocycles. The molecule has 10 rings (SSSR count). The zero-order valence-electron chi connectivity index (χ0n) is 62.7. The second-order valence-corrected chi connectivity index (χ2v) is 36.3. The number of nitrogens with zero attached hydrogens (tertiary/aromatic N) is 6. The second-order valence-electron chi connectivity index (χ2n) is 30.3. The first-order valence-electron chi connectivity index (χ1n) is 37.3. The largest absolute Gasteiger partial charge is 0.501 e. The summed E-state index contributed by atoms with van der Waals surface area (Å²) in [7, 11) is -9.14. The average Bonchev–Trinajstić information content (AvgIpc) is 0.903. The number of anilines is 2. The average molecular weight is 1580 g/mol. The van der Waals surface area contributed by atoms with Gasteiger partial charge in [-0.3, -0.25) is 33.8 Å². The lowest BCUT2D eigenvalue weighted by molar-refractivity contribution is -0.144. The van der Waals surface area contributed by atoms with E-state index in [1.807, 2.05) is 124 Å². The quantitative estimate of drug-likeness (QED) is 0.0227. The maximum absolute atomic E-state index is 14.4. The van der Waals surface area contributed by atoms with Gasteiger partial charge in [-0.25, -0.2) is 26.5 Å². The lowest BCUT2D eigenvalue weighted by Crippen LogP contribution is -2.57. The highest BCUT2D eigenvalue weighted by atomic mass is 35.5. The molecule has 4 aliphatic rings. The molecule has 2 unspecified atom stereocenters. The first-order valence-corrected chi connectivity index (χ1v) is 42.5. The van der Waals surface area contributed by atoms with Crippen molar-refractivity contribution in [3.63, 3.8) is 0 Å². The number of thioether (sulfide) groups is 1. The minimum absolute atomic E-state index is 0.0468. The molecule has 5 amide bonds. The number of carbonyl (C=O) groups is 5. The standard InChI is InChI=1S/C80H102ClF3N10O10S4/c1-55(57-22-24-59(25-23-57)73-56(2)85-54-106-73)86-76(98)69-19-16-39-94(69)77(99)74(78(3,4)5)88-71(95)20-14-9-8-10-15-21-72(96)90(7)53-79(6)38-36-67(58-26-30-62(81)31-27-58)61(50-79)51-92-41-43-93(44-42-92)64-32-28-60(29-33-64)75(97)89-108(102,103)66-34-35-68(70(49-66)107(100,101)80(82,83)84)87-63(37-40-91-45-47-104-48-46-91)52-105-65-17-12-11-13-18-65/h11-13,17-18,22-35,49,54-55,63,69,74,87H,8-10,14-16,19-21,36-48,50-53H2,1-7H3,(H,86,98)(H,88,95)(H,89,97)/t55-,63+,69-,74?,79?/m0/s1. The van der Waals surface area contributed by atoms with Crippen LogP contribution in [0.25, 0.3) is 16.0 Å². The lowest BCUT2D eigenvalue weighted by atomic mass is 9.71. The highest BCUT2D eigenvalue weighted by Crippen LogP contribution is 2.45. The van der Waals surface area contributed by atoms with E-state index in [9.17, 15) is 54.0 Å². The molecule has 0 spiro atoms. The first kappa shape index (κ1) is 83.1. The zero-order chi connectivity index (χ0) is 77.6. The van der Waals surface area contributed by atoms with Crippen molar-refractivity contribution in [3.8, 4) is 10.4 Å². The summed E-state index contributed by atoms with van der Waals surface area (Å²) in [5.41, 5.74) is 2.24. The third-order valence-corrected chi connectivity index (χ3v) is 26.2. The van der Waals surface area contributed by atoms with Gasteiger partial charge in [0.05, 0.1) is 45.9 Å². The maximum Gasteiger partial charge on any atom is 0.501 e. The number of unbranched alkanes of at least 4 members (excludes halogenated alkanes) is 4. The normalized spacial score (nSPS) is 18.6. The van der Waals surface area contributed by atoms with Gasteiger partial charge in [-0.05, 0) is 165 Å². The molecule has 4 N–H and O–H groups in total. The third kappa shape index (κ3) is 22.2. The van der Waals surface area contributed by atoms with Gasteiger partial charge in [-0.1, -0.05) is 119 Å². The summed E-state index contributed by atoms with van der Waals surface area (Å²) in [5.74, 6) is -1.31. The minimum Gasteiger partial charge on any atom is -0.380 e. The van der Waals surface area contributed by atoms with Crippen LogP contribution in [0.1, 0.15) is 151 Å². The number of halogens is 4. The molecule has 5 atom stereocenters. The Balaban J connectivity index is 0.673. The molecule has 584 valence electrons. The first-order chi connectivity index (χ1) is 51.3. The number of sulfone groups is 1. The van der Waals surface area contributed by atoms with Crippen LogP contribution in [0.5, 0.6) is 0 Å². The summed E-state index contributed by atoms with van der Waals surface area (Å²) in [6.07, 6.45) is 8.63. The monoisotopic (exact) mass is 1580 g/mol. The number of ether oxygens (including phenoxy) is 1. The number of likely N-dealkylation sites (tertiary alicyclic amines) is 1. The number of hydrogen-bond acceptors (Lipinski definition) is 17. The molecule has 3 saturated heterocycles. The molecule has 0 bridgehead atoms. The predicted molar refractivity (Wildman–Crippen MR) is 421 cm³/mol. The third-order valence-electron chi connectivity index (χ3n) is 20.9. The molecule has 1 aliphatic carbocycles. The molecule has 4 heterocycles. The number of piperazine rings is 1. The number of allylic oxidation sites excluding steroid dienone is 1. The number of morpholine rings is 1. The van der Waals surface area contributed by atoms with Crippen LogP contribution in [-0.4, -0.2) is 186 Å². The fraction of sp³-hybridized carbons (Fsp3) is 0.500. The molecule has 0 radical (unpaired) electrons. The van der Waals surface area contributed by atoms with Gasteiger partial charge in [-0.2, -0.15) is 13.2 Å². The molecule has 5 aromatic carbocycles. The maximum atomic E-state index is 14.4. The van der Waals surface area contributed by atoms with E-state index in [2.05, 4.69) is 54.7 Å². The number of benzene rings is 5. The van der Waals surface area contributed by atoms with E-state index in [1.54, 1.807) is 28.4 Å². The highest BCUT2D eigenvalue weighted by Gasteiger charge is 2.49. The van der Waals surface area contributed by atoms with Crippen molar-refractivity contribution < 1.29 is 58.7 Å².